The second-order valence-electron chi connectivity index (χ2n) is 5.41. The van der Waals surface area contributed by atoms with Crippen LogP contribution in [0, 0.1) is 11.8 Å². The fourth-order valence-corrected chi connectivity index (χ4v) is 2.80. The second-order valence-corrected chi connectivity index (χ2v) is 5.41. The lowest BCUT2D eigenvalue weighted by atomic mass is 9.90. The molecule has 4 heteroatoms. The summed E-state index contributed by atoms with van der Waals surface area (Å²) in [5, 5.41) is 6.53. The van der Waals surface area contributed by atoms with Gasteiger partial charge in [0.2, 0.25) is 5.91 Å². The predicted octanol–water partition coefficient (Wildman–Crippen LogP) is 0.916. The molecule has 17 heavy (non-hydrogen) atoms. The molecule has 0 aliphatic carbocycles. The largest absolute Gasteiger partial charge is 0.381 e. The first-order valence-corrected chi connectivity index (χ1v) is 6.80. The Morgan fingerprint density at radius 3 is 2.94 bits per heavy atom. The van der Waals surface area contributed by atoms with Gasteiger partial charge in [0, 0.05) is 24.6 Å². The van der Waals surface area contributed by atoms with E-state index in [9.17, 15) is 4.79 Å². The number of carbonyl (C=O) groups is 1. The van der Waals surface area contributed by atoms with Crippen LogP contribution in [0.25, 0.3) is 0 Å². The zero-order valence-corrected chi connectivity index (χ0v) is 10.9. The molecule has 0 aromatic heterocycles. The third-order valence-corrected chi connectivity index (χ3v) is 4.14. The van der Waals surface area contributed by atoms with Crippen LogP contribution < -0.4 is 10.6 Å². The first kappa shape index (κ1) is 12.8. The lowest BCUT2D eigenvalue weighted by Gasteiger charge is -2.30. The van der Waals surface area contributed by atoms with Crippen LogP contribution in [0.5, 0.6) is 0 Å². The molecule has 2 saturated heterocycles. The van der Waals surface area contributed by atoms with E-state index >= 15 is 0 Å². The molecule has 2 N–H and O–H groups in total. The standard InChI is InChI=1S/C13H24N2O2/c1-9(11-5-7-17-8-11)15-13(16)12-4-3-6-14-10(12)2/h9-12,14H,3-8H2,1-2H3,(H,15,16). The van der Waals surface area contributed by atoms with E-state index < -0.39 is 0 Å². The average Bonchev–Trinajstić information content (AvgIpc) is 2.82. The summed E-state index contributed by atoms with van der Waals surface area (Å²) in [4.78, 5) is 12.2. The molecule has 4 atom stereocenters. The summed E-state index contributed by atoms with van der Waals surface area (Å²) < 4.78 is 5.36. The molecule has 4 unspecified atom stereocenters. The molecule has 98 valence electrons. The van der Waals surface area contributed by atoms with E-state index in [0.717, 1.165) is 39.0 Å². The lowest BCUT2D eigenvalue weighted by Crippen LogP contribution is -2.49. The van der Waals surface area contributed by atoms with E-state index in [4.69, 9.17) is 4.74 Å². The molecule has 0 radical (unpaired) electrons. The Hall–Kier alpha value is -0.610. The SMILES string of the molecule is CC(NC(=O)C1CCCNC1C)C1CCOC1. The molecule has 2 aliphatic rings. The van der Waals surface area contributed by atoms with Gasteiger partial charge in [0.25, 0.3) is 0 Å². The minimum atomic E-state index is 0.133. The third kappa shape index (κ3) is 3.19. The fourth-order valence-electron chi connectivity index (χ4n) is 2.80. The summed E-state index contributed by atoms with van der Waals surface area (Å²) in [5.41, 5.74) is 0. The Bertz CT molecular complexity index is 264. The molecule has 2 rings (SSSR count). The van der Waals surface area contributed by atoms with Crippen LogP contribution in [0.2, 0.25) is 0 Å². The van der Waals surface area contributed by atoms with Gasteiger partial charge in [-0.25, -0.2) is 0 Å². The minimum absolute atomic E-state index is 0.133. The second kappa shape index (κ2) is 5.83. The maximum atomic E-state index is 12.2. The summed E-state index contributed by atoms with van der Waals surface area (Å²) in [6.45, 7) is 6.87. The summed E-state index contributed by atoms with van der Waals surface area (Å²) in [6.07, 6.45) is 3.18. The number of hydrogen-bond donors (Lipinski definition) is 2. The summed E-state index contributed by atoms with van der Waals surface area (Å²) in [7, 11) is 0. The van der Waals surface area contributed by atoms with Crippen molar-refractivity contribution in [1.29, 1.82) is 0 Å². The molecule has 1 amide bonds. The van der Waals surface area contributed by atoms with Crippen molar-refractivity contribution < 1.29 is 9.53 Å². The molecule has 4 nitrogen and oxygen atoms in total. The molecule has 0 bridgehead atoms. The highest BCUT2D eigenvalue weighted by atomic mass is 16.5. The van der Waals surface area contributed by atoms with Crippen molar-refractivity contribution in [3.05, 3.63) is 0 Å². The summed E-state index contributed by atoms with van der Waals surface area (Å²) in [5.74, 6) is 0.837. The highest BCUT2D eigenvalue weighted by Crippen LogP contribution is 2.19. The number of hydrogen-bond acceptors (Lipinski definition) is 3. The van der Waals surface area contributed by atoms with Crippen molar-refractivity contribution in [2.75, 3.05) is 19.8 Å². The van der Waals surface area contributed by atoms with E-state index in [1.807, 2.05) is 0 Å². The number of nitrogens with one attached hydrogen (secondary N) is 2. The van der Waals surface area contributed by atoms with Gasteiger partial charge in [-0.15, -0.1) is 0 Å². The zero-order valence-electron chi connectivity index (χ0n) is 10.9. The molecule has 2 fully saturated rings. The van der Waals surface area contributed by atoms with E-state index in [1.54, 1.807) is 0 Å². The average molecular weight is 240 g/mol. The van der Waals surface area contributed by atoms with Gasteiger partial charge in [-0.1, -0.05) is 0 Å². The molecule has 0 spiro atoms. The smallest absolute Gasteiger partial charge is 0.224 e. The van der Waals surface area contributed by atoms with Gasteiger partial charge in [-0.05, 0) is 39.7 Å². The van der Waals surface area contributed by atoms with Crippen molar-refractivity contribution in [2.45, 2.75) is 45.2 Å². The summed E-state index contributed by atoms with van der Waals surface area (Å²) in [6, 6.07) is 0.537. The lowest BCUT2D eigenvalue weighted by molar-refractivity contribution is -0.127. The Labute approximate surface area is 103 Å². The van der Waals surface area contributed by atoms with Crippen molar-refractivity contribution in [3.63, 3.8) is 0 Å². The number of carbonyl (C=O) groups excluding carboxylic acids is 1. The van der Waals surface area contributed by atoms with E-state index in [-0.39, 0.29) is 17.9 Å². The molecular weight excluding hydrogens is 216 g/mol. The number of piperidine rings is 1. The van der Waals surface area contributed by atoms with Gasteiger partial charge in [0.1, 0.15) is 0 Å². The van der Waals surface area contributed by atoms with E-state index in [0.29, 0.717) is 12.0 Å². The summed E-state index contributed by atoms with van der Waals surface area (Å²) >= 11 is 0. The maximum absolute atomic E-state index is 12.2. The molecule has 2 aliphatic heterocycles. The fraction of sp³-hybridized carbons (Fsp3) is 0.923. The van der Waals surface area contributed by atoms with Crippen LogP contribution in [0.3, 0.4) is 0 Å². The van der Waals surface area contributed by atoms with Crippen LogP contribution in [0.1, 0.15) is 33.1 Å². The molecule has 0 aromatic rings. The Morgan fingerprint density at radius 2 is 2.29 bits per heavy atom. The van der Waals surface area contributed by atoms with Crippen molar-refractivity contribution in [2.24, 2.45) is 11.8 Å². The van der Waals surface area contributed by atoms with Crippen molar-refractivity contribution in [3.8, 4) is 0 Å². The molecule has 2 heterocycles. The Kier molecular flexibility index (Phi) is 4.40. The van der Waals surface area contributed by atoms with E-state index in [1.165, 1.54) is 0 Å². The Balaban J connectivity index is 1.82. The monoisotopic (exact) mass is 240 g/mol. The van der Waals surface area contributed by atoms with Crippen molar-refractivity contribution >= 4 is 5.91 Å². The molecular formula is C13H24N2O2. The highest BCUT2D eigenvalue weighted by molar-refractivity contribution is 5.79. The minimum Gasteiger partial charge on any atom is -0.381 e. The zero-order chi connectivity index (χ0) is 12.3. The predicted molar refractivity (Wildman–Crippen MR) is 66.7 cm³/mol. The van der Waals surface area contributed by atoms with Gasteiger partial charge in [-0.2, -0.15) is 0 Å². The van der Waals surface area contributed by atoms with Crippen LogP contribution in [-0.2, 0) is 9.53 Å². The normalized spacial score (nSPS) is 35.5. The third-order valence-electron chi connectivity index (χ3n) is 4.14. The number of amides is 1. The maximum Gasteiger partial charge on any atom is 0.224 e. The van der Waals surface area contributed by atoms with Gasteiger partial charge in [0.05, 0.1) is 12.5 Å². The van der Waals surface area contributed by atoms with Crippen LogP contribution >= 0.6 is 0 Å². The van der Waals surface area contributed by atoms with Gasteiger partial charge in [0.15, 0.2) is 0 Å². The molecule has 0 aromatic carbocycles. The first-order chi connectivity index (χ1) is 8.18. The number of ether oxygens (including phenoxy) is 1. The van der Waals surface area contributed by atoms with Crippen LogP contribution in [0.15, 0.2) is 0 Å². The van der Waals surface area contributed by atoms with Gasteiger partial charge in [-0.3, -0.25) is 4.79 Å². The van der Waals surface area contributed by atoms with Gasteiger partial charge >= 0.3 is 0 Å². The first-order valence-electron chi connectivity index (χ1n) is 6.80. The van der Waals surface area contributed by atoms with E-state index in [2.05, 4.69) is 24.5 Å². The van der Waals surface area contributed by atoms with Crippen molar-refractivity contribution in [1.82, 2.24) is 10.6 Å². The Morgan fingerprint density at radius 1 is 1.47 bits per heavy atom. The van der Waals surface area contributed by atoms with Crippen LogP contribution in [0.4, 0.5) is 0 Å². The quantitative estimate of drug-likeness (QED) is 0.771. The van der Waals surface area contributed by atoms with Gasteiger partial charge < -0.3 is 15.4 Å². The van der Waals surface area contributed by atoms with Crippen LogP contribution in [-0.4, -0.2) is 37.7 Å². The highest BCUT2D eigenvalue weighted by Gasteiger charge is 2.30. The topological polar surface area (TPSA) is 50.4 Å². The molecule has 0 saturated carbocycles. The number of rotatable bonds is 3.